The molecule has 0 aliphatic carbocycles. The van der Waals surface area contributed by atoms with Crippen LogP contribution in [0.3, 0.4) is 0 Å². The minimum absolute atomic E-state index is 0.0390. The average molecular weight is 348 g/mol. The molecule has 2 aromatic carbocycles. The third-order valence-corrected chi connectivity index (χ3v) is 3.59. The molecular weight excluding hydrogens is 330 g/mol. The third kappa shape index (κ3) is 4.99. The number of rotatable bonds is 6. The number of hydrogen-bond acceptors (Lipinski definition) is 4. The number of aryl methyl sites for hydroxylation is 1. The van der Waals surface area contributed by atoms with Crippen molar-refractivity contribution < 1.29 is 19.1 Å². The smallest absolute Gasteiger partial charge is 0.310 e. The van der Waals surface area contributed by atoms with E-state index in [0.717, 1.165) is 5.56 Å². The summed E-state index contributed by atoms with van der Waals surface area (Å²) in [6, 6.07) is 12.3. The van der Waals surface area contributed by atoms with Crippen molar-refractivity contribution in [3.8, 4) is 5.75 Å². The van der Waals surface area contributed by atoms with Crippen LogP contribution in [-0.4, -0.2) is 25.6 Å². The minimum atomic E-state index is -0.498. The van der Waals surface area contributed by atoms with Gasteiger partial charge in [-0.2, -0.15) is 0 Å². The van der Waals surface area contributed by atoms with Crippen LogP contribution in [0.4, 0.5) is 5.69 Å². The summed E-state index contributed by atoms with van der Waals surface area (Å²) in [5.41, 5.74) is 2.17. The van der Waals surface area contributed by atoms with Crippen LogP contribution in [0.25, 0.3) is 0 Å². The number of carbonyl (C=O) groups excluding carboxylic acids is 2. The fourth-order valence-corrected chi connectivity index (χ4v) is 2.38. The molecule has 0 fully saturated rings. The molecule has 1 amide bonds. The van der Waals surface area contributed by atoms with Crippen molar-refractivity contribution in [1.29, 1.82) is 0 Å². The first-order chi connectivity index (χ1) is 11.5. The van der Waals surface area contributed by atoms with Crippen LogP contribution in [-0.2, 0) is 20.7 Å². The predicted octanol–water partition coefficient (Wildman–Crippen LogP) is 3.38. The van der Waals surface area contributed by atoms with Gasteiger partial charge in [-0.3, -0.25) is 9.59 Å². The molecule has 5 nitrogen and oxygen atoms in total. The van der Waals surface area contributed by atoms with Crippen molar-refractivity contribution in [3.63, 3.8) is 0 Å². The molecule has 0 saturated carbocycles. The van der Waals surface area contributed by atoms with Gasteiger partial charge in [-0.15, -0.1) is 0 Å². The summed E-state index contributed by atoms with van der Waals surface area (Å²) in [4.78, 5) is 23.8. The monoisotopic (exact) mass is 347 g/mol. The van der Waals surface area contributed by atoms with Gasteiger partial charge >= 0.3 is 5.97 Å². The van der Waals surface area contributed by atoms with Crippen LogP contribution < -0.4 is 10.1 Å². The van der Waals surface area contributed by atoms with E-state index >= 15 is 0 Å². The fraction of sp³-hybridized carbons (Fsp3) is 0.222. The number of methoxy groups -OCH3 is 1. The Labute approximate surface area is 145 Å². The zero-order chi connectivity index (χ0) is 17.5. The van der Waals surface area contributed by atoms with Gasteiger partial charge in [-0.05, 0) is 36.8 Å². The number of para-hydroxylation sites is 1. The second-order valence-corrected chi connectivity index (χ2v) is 5.59. The fourth-order valence-electron chi connectivity index (χ4n) is 2.16. The van der Waals surface area contributed by atoms with Crippen molar-refractivity contribution in [2.24, 2.45) is 0 Å². The summed E-state index contributed by atoms with van der Waals surface area (Å²) in [6.07, 6.45) is 0.0390. The predicted molar refractivity (Wildman–Crippen MR) is 92.5 cm³/mol. The first kappa shape index (κ1) is 17.8. The maximum atomic E-state index is 11.9. The Morgan fingerprint density at radius 3 is 2.62 bits per heavy atom. The van der Waals surface area contributed by atoms with E-state index < -0.39 is 11.9 Å². The van der Waals surface area contributed by atoms with E-state index in [1.165, 1.54) is 7.11 Å². The van der Waals surface area contributed by atoms with Gasteiger partial charge in [0.2, 0.25) is 0 Å². The molecule has 24 heavy (non-hydrogen) atoms. The normalized spacial score (nSPS) is 10.1. The number of halogens is 1. The molecule has 0 saturated heterocycles. The van der Waals surface area contributed by atoms with Gasteiger partial charge in [-0.25, -0.2) is 0 Å². The second kappa shape index (κ2) is 8.36. The SMILES string of the molecule is COc1ccccc1CC(=O)OCC(=O)Nc1ccc(Cl)cc1C. The Morgan fingerprint density at radius 2 is 1.92 bits per heavy atom. The van der Waals surface area contributed by atoms with Gasteiger partial charge in [0, 0.05) is 16.3 Å². The highest BCUT2D eigenvalue weighted by Crippen LogP contribution is 2.20. The van der Waals surface area contributed by atoms with Gasteiger partial charge in [0.1, 0.15) is 5.75 Å². The zero-order valence-electron chi connectivity index (χ0n) is 13.5. The molecule has 0 spiro atoms. The van der Waals surface area contributed by atoms with Crippen LogP contribution in [0.2, 0.25) is 5.02 Å². The number of esters is 1. The van der Waals surface area contributed by atoms with Crippen LogP contribution >= 0.6 is 11.6 Å². The van der Waals surface area contributed by atoms with E-state index in [9.17, 15) is 9.59 Å². The molecule has 0 heterocycles. The largest absolute Gasteiger partial charge is 0.496 e. The Morgan fingerprint density at radius 1 is 1.17 bits per heavy atom. The molecule has 1 N–H and O–H groups in total. The summed E-state index contributed by atoms with van der Waals surface area (Å²) in [5, 5.41) is 3.27. The third-order valence-electron chi connectivity index (χ3n) is 3.35. The molecule has 0 aromatic heterocycles. The first-order valence-electron chi connectivity index (χ1n) is 7.33. The van der Waals surface area contributed by atoms with Crippen LogP contribution in [0, 0.1) is 6.92 Å². The number of benzene rings is 2. The number of anilines is 1. The van der Waals surface area contributed by atoms with Crippen LogP contribution in [0.5, 0.6) is 5.75 Å². The lowest BCUT2D eigenvalue weighted by molar-refractivity contribution is -0.146. The van der Waals surface area contributed by atoms with Crippen molar-refractivity contribution in [1.82, 2.24) is 0 Å². The highest BCUT2D eigenvalue weighted by atomic mass is 35.5. The van der Waals surface area contributed by atoms with E-state index in [-0.39, 0.29) is 13.0 Å². The molecule has 126 valence electrons. The van der Waals surface area contributed by atoms with Crippen molar-refractivity contribution in [2.45, 2.75) is 13.3 Å². The van der Waals surface area contributed by atoms with E-state index in [2.05, 4.69) is 5.32 Å². The molecule has 0 bridgehead atoms. The molecule has 0 aliphatic heterocycles. The first-order valence-corrected chi connectivity index (χ1v) is 7.71. The maximum Gasteiger partial charge on any atom is 0.310 e. The zero-order valence-corrected chi connectivity index (χ0v) is 14.2. The number of nitrogens with one attached hydrogen (secondary N) is 1. The molecule has 2 aromatic rings. The topological polar surface area (TPSA) is 64.6 Å². The Hall–Kier alpha value is -2.53. The Kier molecular flexibility index (Phi) is 6.21. The van der Waals surface area contributed by atoms with Crippen molar-refractivity contribution in [2.75, 3.05) is 19.0 Å². The number of carbonyl (C=O) groups is 2. The lowest BCUT2D eigenvalue weighted by atomic mass is 10.1. The average Bonchev–Trinajstić information content (AvgIpc) is 2.56. The number of hydrogen-bond donors (Lipinski definition) is 1. The number of ether oxygens (including phenoxy) is 2. The minimum Gasteiger partial charge on any atom is -0.496 e. The molecular formula is C18H18ClNO4. The molecule has 0 unspecified atom stereocenters. The molecule has 0 radical (unpaired) electrons. The molecule has 2 rings (SSSR count). The van der Waals surface area contributed by atoms with E-state index in [4.69, 9.17) is 21.1 Å². The van der Waals surface area contributed by atoms with Gasteiger partial charge in [0.15, 0.2) is 6.61 Å². The highest BCUT2D eigenvalue weighted by molar-refractivity contribution is 6.30. The van der Waals surface area contributed by atoms with Crippen LogP contribution in [0.1, 0.15) is 11.1 Å². The van der Waals surface area contributed by atoms with Crippen molar-refractivity contribution >= 4 is 29.2 Å². The van der Waals surface area contributed by atoms with E-state index in [1.807, 2.05) is 13.0 Å². The Balaban J connectivity index is 1.86. The summed E-state index contributed by atoms with van der Waals surface area (Å²) in [7, 11) is 1.53. The maximum absolute atomic E-state index is 11.9. The molecule has 6 heteroatoms. The molecule has 0 atom stereocenters. The van der Waals surface area contributed by atoms with Gasteiger partial charge in [-0.1, -0.05) is 29.8 Å². The van der Waals surface area contributed by atoms with E-state index in [0.29, 0.717) is 22.0 Å². The van der Waals surface area contributed by atoms with Gasteiger partial charge in [0.25, 0.3) is 5.91 Å². The van der Waals surface area contributed by atoms with E-state index in [1.54, 1.807) is 36.4 Å². The summed E-state index contributed by atoms with van der Waals surface area (Å²) in [6.45, 7) is 1.48. The lowest BCUT2D eigenvalue weighted by Crippen LogP contribution is -2.22. The lowest BCUT2D eigenvalue weighted by Gasteiger charge is -2.10. The Bertz CT molecular complexity index is 746. The summed E-state index contributed by atoms with van der Waals surface area (Å²) >= 11 is 5.87. The standard InChI is InChI=1S/C18H18ClNO4/c1-12-9-14(19)7-8-15(12)20-17(21)11-24-18(22)10-13-5-3-4-6-16(13)23-2/h3-9H,10-11H2,1-2H3,(H,20,21). The van der Waals surface area contributed by atoms with Crippen LogP contribution in [0.15, 0.2) is 42.5 Å². The van der Waals surface area contributed by atoms with Gasteiger partial charge in [0.05, 0.1) is 13.5 Å². The van der Waals surface area contributed by atoms with Crippen molar-refractivity contribution in [3.05, 3.63) is 58.6 Å². The van der Waals surface area contributed by atoms with Gasteiger partial charge < -0.3 is 14.8 Å². The number of amides is 1. The second-order valence-electron chi connectivity index (χ2n) is 5.16. The summed E-state index contributed by atoms with van der Waals surface area (Å²) < 4.78 is 10.2. The molecule has 0 aliphatic rings. The highest BCUT2D eigenvalue weighted by Gasteiger charge is 2.12. The quantitative estimate of drug-likeness (QED) is 0.813. The summed E-state index contributed by atoms with van der Waals surface area (Å²) in [5.74, 6) is -0.299.